The van der Waals surface area contributed by atoms with E-state index in [2.05, 4.69) is 17.6 Å². The van der Waals surface area contributed by atoms with Gasteiger partial charge in [0.15, 0.2) is 0 Å². The molecule has 0 radical (unpaired) electrons. The Balaban J connectivity index is 1.86. The molecule has 2 heterocycles. The van der Waals surface area contributed by atoms with Crippen molar-refractivity contribution in [3.05, 3.63) is 0 Å². The van der Waals surface area contributed by atoms with E-state index in [1.54, 1.807) is 0 Å². The summed E-state index contributed by atoms with van der Waals surface area (Å²) in [6.07, 6.45) is 6.92. The van der Waals surface area contributed by atoms with Gasteiger partial charge in [-0.3, -0.25) is 0 Å². The SMILES string of the molecule is CC1(NC(=O)N2CCCCCC2)CCNCC1. The number of nitrogens with one attached hydrogen (secondary N) is 2. The zero-order valence-electron chi connectivity index (χ0n) is 10.9. The van der Waals surface area contributed by atoms with Crippen LogP contribution in [0.2, 0.25) is 0 Å². The summed E-state index contributed by atoms with van der Waals surface area (Å²) in [6.45, 7) is 6.05. The van der Waals surface area contributed by atoms with Crippen LogP contribution >= 0.6 is 0 Å². The Morgan fingerprint density at radius 3 is 2.29 bits per heavy atom. The van der Waals surface area contributed by atoms with Crippen LogP contribution in [0.15, 0.2) is 0 Å². The second-order valence-corrected chi connectivity index (χ2v) is 5.64. The van der Waals surface area contributed by atoms with E-state index >= 15 is 0 Å². The van der Waals surface area contributed by atoms with Gasteiger partial charge in [-0.25, -0.2) is 4.79 Å². The molecule has 2 aliphatic rings. The summed E-state index contributed by atoms with van der Waals surface area (Å²) in [5.41, 5.74) is -0.00532. The lowest BCUT2D eigenvalue weighted by Crippen LogP contribution is -2.56. The van der Waals surface area contributed by atoms with Crippen molar-refractivity contribution in [1.82, 2.24) is 15.5 Å². The average molecular weight is 239 g/mol. The van der Waals surface area contributed by atoms with Crippen molar-refractivity contribution < 1.29 is 4.79 Å². The summed E-state index contributed by atoms with van der Waals surface area (Å²) in [7, 11) is 0. The highest BCUT2D eigenvalue weighted by atomic mass is 16.2. The number of hydrogen-bond donors (Lipinski definition) is 2. The fraction of sp³-hybridized carbons (Fsp3) is 0.923. The number of likely N-dealkylation sites (tertiary alicyclic amines) is 1. The van der Waals surface area contributed by atoms with Gasteiger partial charge >= 0.3 is 6.03 Å². The van der Waals surface area contributed by atoms with E-state index in [4.69, 9.17) is 0 Å². The fourth-order valence-electron chi connectivity index (χ4n) is 2.71. The third-order valence-corrected chi connectivity index (χ3v) is 4.01. The maximum atomic E-state index is 12.2. The quantitative estimate of drug-likeness (QED) is 0.731. The van der Waals surface area contributed by atoms with Gasteiger partial charge in [0.25, 0.3) is 0 Å². The fourth-order valence-corrected chi connectivity index (χ4v) is 2.71. The van der Waals surface area contributed by atoms with Crippen LogP contribution in [0.25, 0.3) is 0 Å². The van der Waals surface area contributed by atoms with Crippen LogP contribution in [0, 0.1) is 0 Å². The molecule has 0 aromatic carbocycles. The second kappa shape index (κ2) is 5.71. The molecule has 0 aromatic heterocycles. The van der Waals surface area contributed by atoms with Crippen LogP contribution in [0.4, 0.5) is 4.79 Å². The molecule has 0 spiro atoms. The van der Waals surface area contributed by atoms with Crippen molar-refractivity contribution in [1.29, 1.82) is 0 Å². The summed E-state index contributed by atoms with van der Waals surface area (Å²) < 4.78 is 0. The first-order valence-corrected chi connectivity index (χ1v) is 6.97. The Hall–Kier alpha value is -0.770. The molecule has 0 aromatic rings. The molecule has 0 atom stereocenters. The molecule has 98 valence electrons. The van der Waals surface area contributed by atoms with Gasteiger partial charge in [0.2, 0.25) is 0 Å². The minimum absolute atomic E-state index is 0.00532. The maximum Gasteiger partial charge on any atom is 0.317 e. The third-order valence-electron chi connectivity index (χ3n) is 4.01. The molecule has 2 saturated heterocycles. The first-order chi connectivity index (χ1) is 8.20. The van der Waals surface area contributed by atoms with Gasteiger partial charge in [-0.1, -0.05) is 12.8 Å². The number of amides is 2. The van der Waals surface area contributed by atoms with Crippen LogP contribution in [-0.4, -0.2) is 42.6 Å². The van der Waals surface area contributed by atoms with Crippen LogP contribution in [0.1, 0.15) is 45.4 Å². The number of carbonyl (C=O) groups excluding carboxylic acids is 1. The minimum Gasteiger partial charge on any atom is -0.333 e. The molecule has 2 fully saturated rings. The average Bonchev–Trinajstić information content (AvgIpc) is 2.57. The number of hydrogen-bond acceptors (Lipinski definition) is 2. The van der Waals surface area contributed by atoms with Crippen molar-refractivity contribution in [3.8, 4) is 0 Å². The standard InChI is InChI=1S/C13H25N3O/c1-13(6-8-14-9-7-13)15-12(17)16-10-4-2-3-5-11-16/h14H,2-11H2,1H3,(H,15,17). The molecule has 0 saturated carbocycles. The van der Waals surface area contributed by atoms with E-state index in [9.17, 15) is 4.79 Å². The van der Waals surface area contributed by atoms with Crippen molar-refractivity contribution in [2.75, 3.05) is 26.2 Å². The van der Waals surface area contributed by atoms with Crippen molar-refractivity contribution >= 4 is 6.03 Å². The lowest BCUT2D eigenvalue weighted by atomic mass is 9.91. The van der Waals surface area contributed by atoms with Gasteiger partial charge in [-0.15, -0.1) is 0 Å². The van der Waals surface area contributed by atoms with Crippen LogP contribution in [-0.2, 0) is 0 Å². The van der Waals surface area contributed by atoms with Crippen LogP contribution in [0.3, 0.4) is 0 Å². The Labute approximate surface area is 104 Å². The number of nitrogens with zero attached hydrogens (tertiary/aromatic N) is 1. The molecule has 2 amide bonds. The van der Waals surface area contributed by atoms with E-state index in [0.717, 1.165) is 51.9 Å². The van der Waals surface area contributed by atoms with E-state index in [1.807, 2.05) is 4.90 Å². The first kappa shape index (κ1) is 12.7. The lowest BCUT2D eigenvalue weighted by molar-refractivity contribution is 0.177. The third kappa shape index (κ3) is 3.60. The van der Waals surface area contributed by atoms with Gasteiger partial charge in [-0.2, -0.15) is 0 Å². The monoisotopic (exact) mass is 239 g/mol. The predicted octanol–water partition coefficient (Wildman–Crippen LogP) is 1.71. The topological polar surface area (TPSA) is 44.4 Å². The Morgan fingerprint density at radius 2 is 1.71 bits per heavy atom. The van der Waals surface area contributed by atoms with E-state index < -0.39 is 0 Å². The minimum atomic E-state index is -0.00532. The summed E-state index contributed by atoms with van der Waals surface area (Å²) in [5.74, 6) is 0. The molecular weight excluding hydrogens is 214 g/mol. The highest BCUT2D eigenvalue weighted by molar-refractivity contribution is 5.75. The van der Waals surface area contributed by atoms with Crippen molar-refractivity contribution in [2.24, 2.45) is 0 Å². The lowest BCUT2D eigenvalue weighted by Gasteiger charge is -2.36. The Kier molecular flexibility index (Phi) is 4.26. The molecule has 17 heavy (non-hydrogen) atoms. The Bertz CT molecular complexity index is 253. The molecule has 4 heteroatoms. The Morgan fingerprint density at radius 1 is 1.12 bits per heavy atom. The van der Waals surface area contributed by atoms with Crippen molar-refractivity contribution in [3.63, 3.8) is 0 Å². The molecule has 4 nitrogen and oxygen atoms in total. The molecular formula is C13H25N3O. The molecule has 0 unspecified atom stereocenters. The van der Waals surface area contributed by atoms with Gasteiger partial charge in [0.1, 0.15) is 0 Å². The highest BCUT2D eigenvalue weighted by Gasteiger charge is 2.30. The summed E-state index contributed by atoms with van der Waals surface area (Å²) >= 11 is 0. The van der Waals surface area contributed by atoms with E-state index in [-0.39, 0.29) is 11.6 Å². The summed E-state index contributed by atoms with van der Waals surface area (Å²) in [5, 5.41) is 6.58. The number of rotatable bonds is 1. The van der Waals surface area contributed by atoms with Crippen molar-refractivity contribution in [2.45, 2.75) is 51.0 Å². The highest BCUT2D eigenvalue weighted by Crippen LogP contribution is 2.18. The van der Waals surface area contributed by atoms with Gasteiger partial charge in [-0.05, 0) is 45.7 Å². The van der Waals surface area contributed by atoms with E-state index in [1.165, 1.54) is 12.8 Å². The van der Waals surface area contributed by atoms with E-state index in [0.29, 0.717) is 0 Å². The number of piperidine rings is 1. The maximum absolute atomic E-state index is 12.2. The van der Waals surface area contributed by atoms with Gasteiger partial charge < -0.3 is 15.5 Å². The summed E-state index contributed by atoms with van der Waals surface area (Å²) in [4.78, 5) is 14.2. The molecule has 2 aliphatic heterocycles. The number of urea groups is 1. The van der Waals surface area contributed by atoms with Gasteiger partial charge in [0, 0.05) is 18.6 Å². The molecule has 2 rings (SSSR count). The number of carbonyl (C=O) groups is 1. The van der Waals surface area contributed by atoms with Crippen LogP contribution in [0.5, 0.6) is 0 Å². The second-order valence-electron chi connectivity index (χ2n) is 5.64. The smallest absolute Gasteiger partial charge is 0.317 e. The summed E-state index contributed by atoms with van der Waals surface area (Å²) in [6, 6.07) is 0.149. The zero-order valence-corrected chi connectivity index (χ0v) is 10.9. The van der Waals surface area contributed by atoms with Gasteiger partial charge in [0.05, 0.1) is 0 Å². The molecule has 0 aliphatic carbocycles. The van der Waals surface area contributed by atoms with Crippen LogP contribution < -0.4 is 10.6 Å². The predicted molar refractivity (Wildman–Crippen MR) is 69.1 cm³/mol. The molecule has 2 N–H and O–H groups in total. The largest absolute Gasteiger partial charge is 0.333 e. The normalized spacial score (nSPS) is 25.1. The first-order valence-electron chi connectivity index (χ1n) is 6.97. The zero-order chi connectivity index (χ0) is 12.1. The molecule has 0 bridgehead atoms.